The summed E-state index contributed by atoms with van der Waals surface area (Å²) in [5.41, 5.74) is 1.17. The first-order valence-electron chi connectivity index (χ1n) is 8.30. The number of halogens is 1. The topological polar surface area (TPSA) is 41.3 Å². The molecule has 1 aromatic carbocycles. The van der Waals surface area contributed by atoms with E-state index in [-0.39, 0.29) is 5.82 Å². The van der Waals surface area contributed by atoms with E-state index in [9.17, 15) is 9.50 Å². The first-order valence-corrected chi connectivity index (χ1v) is 8.30. The highest BCUT2D eigenvalue weighted by Gasteiger charge is 2.32. The summed E-state index contributed by atoms with van der Waals surface area (Å²) in [5.74, 6) is -0.263. The number of aromatic nitrogens is 2. The number of hydrogen-bond acceptors (Lipinski definition) is 3. The number of aryl methyl sites for hydroxylation is 1. The van der Waals surface area contributed by atoms with Crippen LogP contribution in [0.25, 0.3) is 0 Å². The van der Waals surface area contributed by atoms with Crippen LogP contribution in [0.5, 0.6) is 0 Å². The number of rotatable bonds is 4. The van der Waals surface area contributed by atoms with Crippen LogP contribution in [0.2, 0.25) is 0 Å². The second-order valence-corrected chi connectivity index (χ2v) is 6.34. The van der Waals surface area contributed by atoms with Gasteiger partial charge in [-0.25, -0.2) is 9.37 Å². The molecule has 1 unspecified atom stereocenters. The lowest BCUT2D eigenvalue weighted by atomic mass is 9.87. The molecule has 5 heteroatoms. The van der Waals surface area contributed by atoms with Gasteiger partial charge in [-0.15, -0.1) is 0 Å². The number of likely N-dealkylation sites (tertiary alicyclic amines) is 1. The third-order valence-corrected chi connectivity index (χ3v) is 4.81. The lowest BCUT2D eigenvalue weighted by Crippen LogP contribution is -2.29. The van der Waals surface area contributed by atoms with Gasteiger partial charge in [0.25, 0.3) is 0 Å². The maximum absolute atomic E-state index is 13.1. The fraction of sp³-hybridized carbons (Fsp3) is 0.500. The Morgan fingerprint density at radius 3 is 2.74 bits per heavy atom. The molecule has 0 aliphatic carbocycles. The number of nitrogens with zero attached hydrogens (tertiary/aromatic N) is 3. The van der Waals surface area contributed by atoms with Crippen molar-refractivity contribution in [2.75, 3.05) is 13.1 Å². The van der Waals surface area contributed by atoms with Crippen molar-refractivity contribution in [3.8, 4) is 0 Å². The molecule has 0 spiro atoms. The Morgan fingerprint density at radius 1 is 1.22 bits per heavy atom. The molecule has 2 heterocycles. The summed E-state index contributed by atoms with van der Waals surface area (Å²) in [6.07, 6.45) is 6.08. The molecule has 23 heavy (non-hydrogen) atoms. The predicted molar refractivity (Wildman–Crippen MR) is 87.3 cm³/mol. The standard InChI is InChI=1S/C18H24FN3O/c1-2-22-14-20-12-17(22)13-21-10-3-8-18(23,9-11-21)15-4-6-16(19)7-5-15/h4-7,12,14,23H,2-3,8-11,13H2,1H3. The molecule has 1 aliphatic heterocycles. The van der Waals surface area contributed by atoms with E-state index in [0.717, 1.165) is 38.2 Å². The maximum atomic E-state index is 13.1. The number of benzene rings is 1. The Balaban J connectivity index is 1.68. The number of aliphatic hydroxyl groups is 1. The van der Waals surface area contributed by atoms with Crippen LogP contribution in [-0.4, -0.2) is 32.6 Å². The average molecular weight is 317 g/mol. The van der Waals surface area contributed by atoms with E-state index in [1.165, 1.54) is 17.8 Å². The number of imidazole rings is 1. The van der Waals surface area contributed by atoms with Crippen molar-refractivity contribution in [2.24, 2.45) is 0 Å². The zero-order chi connectivity index (χ0) is 16.3. The summed E-state index contributed by atoms with van der Waals surface area (Å²) in [5, 5.41) is 11.0. The highest BCUT2D eigenvalue weighted by Crippen LogP contribution is 2.33. The minimum atomic E-state index is -0.854. The molecule has 0 radical (unpaired) electrons. The average Bonchev–Trinajstić information content (AvgIpc) is 2.91. The molecule has 2 aromatic rings. The van der Waals surface area contributed by atoms with Crippen LogP contribution < -0.4 is 0 Å². The molecule has 0 saturated carbocycles. The fourth-order valence-corrected chi connectivity index (χ4v) is 3.38. The van der Waals surface area contributed by atoms with E-state index in [1.807, 2.05) is 12.5 Å². The van der Waals surface area contributed by atoms with Crippen molar-refractivity contribution in [1.82, 2.24) is 14.5 Å². The van der Waals surface area contributed by atoms with E-state index >= 15 is 0 Å². The van der Waals surface area contributed by atoms with E-state index in [4.69, 9.17) is 0 Å². The molecule has 1 N–H and O–H groups in total. The van der Waals surface area contributed by atoms with Gasteiger partial charge in [-0.2, -0.15) is 0 Å². The van der Waals surface area contributed by atoms with E-state index in [2.05, 4.69) is 21.4 Å². The summed E-state index contributed by atoms with van der Waals surface area (Å²) >= 11 is 0. The van der Waals surface area contributed by atoms with E-state index in [1.54, 1.807) is 12.1 Å². The van der Waals surface area contributed by atoms with Crippen molar-refractivity contribution >= 4 is 0 Å². The van der Waals surface area contributed by atoms with Crippen molar-refractivity contribution in [1.29, 1.82) is 0 Å². The highest BCUT2D eigenvalue weighted by molar-refractivity contribution is 5.23. The third kappa shape index (κ3) is 3.62. The van der Waals surface area contributed by atoms with Gasteiger partial charge >= 0.3 is 0 Å². The molecule has 1 fully saturated rings. The van der Waals surface area contributed by atoms with Gasteiger partial charge in [0.05, 0.1) is 17.6 Å². The summed E-state index contributed by atoms with van der Waals surface area (Å²) in [6.45, 7) is 5.66. The zero-order valence-corrected chi connectivity index (χ0v) is 13.6. The monoisotopic (exact) mass is 317 g/mol. The summed E-state index contributed by atoms with van der Waals surface area (Å²) < 4.78 is 15.3. The smallest absolute Gasteiger partial charge is 0.123 e. The van der Waals surface area contributed by atoms with Crippen molar-refractivity contribution in [2.45, 2.75) is 44.9 Å². The Kier molecular flexibility index (Phi) is 4.78. The Bertz CT molecular complexity index is 640. The Labute approximate surface area is 136 Å². The molecule has 0 bridgehead atoms. The minimum Gasteiger partial charge on any atom is -0.385 e. The van der Waals surface area contributed by atoms with Gasteiger partial charge < -0.3 is 9.67 Å². The molecule has 4 nitrogen and oxygen atoms in total. The van der Waals surface area contributed by atoms with Crippen molar-refractivity contribution in [3.05, 3.63) is 53.9 Å². The maximum Gasteiger partial charge on any atom is 0.123 e. The van der Waals surface area contributed by atoms with Crippen LogP contribution in [0.3, 0.4) is 0 Å². The summed E-state index contributed by atoms with van der Waals surface area (Å²) in [7, 11) is 0. The van der Waals surface area contributed by atoms with Gasteiger partial charge in [0.15, 0.2) is 0 Å². The Hall–Kier alpha value is -1.72. The van der Waals surface area contributed by atoms with Crippen LogP contribution in [0.1, 0.15) is 37.4 Å². The zero-order valence-electron chi connectivity index (χ0n) is 13.6. The lowest BCUT2D eigenvalue weighted by molar-refractivity contribution is 0.0209. The van der Waals surface area contributed by atoms with Crippen LogP contribution in [0, 0.1) is 5.82 Å². The van der Waals surface area contributed by atoms with Crippen molar-refractivity contribution < 1.29 is 9.50 Å². The van der Waals surface area contributed by atoms with Gasteiger partial charge in [0.1, 0.15) is 5.82 Å². The quantitative estimate of drug-likeness (QED) is 0.943. The molecule has 124 valence electrons. The molecule has 1 saturated heterocycles. The van der Waals surface area contributed by atoms with Crippen LogP contribution in [0.15, 0.2) is 36.8 Å². The first-order chi connectivity index (χ1) is 11.1. The fourth-order valence-electron chi connectivity index (χ4n) is 3.38. The van der Waals surface area contributed by atoms with Crippen LogP contribution >= 0.6 is 0 Å². The first kappa shape index (κ1) is 16.1. The molecular formula is C18H24FN3O. The number of hydrogen-bond donors (Lipinski definition) is 1. The SMILES string of the molecule is CCn1cncc1CN1CCCC(O)(c2ccc(F)cc2)CC1. The normalized spacial score (nSPS) is 22.9. The highest BCUT2D eigenvalue weighted by atomic mass is 19.1. The van der Waals surface area contributed by atoms with Crippen molar-refractivity contribution in [3.63, 3.8) is 0 Å². The van der Waals surface area contributed by atoms with E-state index in [0.29, 0.717) is 12.8 Å². The molecule has 1 aliphatic rings. The van der Waals surface area contributed by atoms with Gasteiger partial charge in [0, 0.05) is 25.8 Å². The van der Waals surface area contributed by atoms with Gasteiger partial charge in [-0.3, -0.25) is 4.90 Å². The van der Waals surface area contributed by atoms with Crippen LogP contribution in [-0.2, 0) is 18.7 Å². The van der Waals surface area contributed by atoms with Gasteiger partial charge in [-0.1, -0.05) is 12.1 Å². The predicted octanol–water partition coefficient (Wildman–Crippen LogP) is 2.92. The largest absolute Gasteiger partial charge is 0.385 e. The molecular weight excluding hydrogens is 293 g/mol. The third-order valence-electron chi connectivity index (χ3n) is 4.81. The summed E-state index contributed by atoms with van der Waals surface area (Å²) in [6, 6.07) is 6.26. The van der Waals surface area contributed by atoms with Crippen LogP contribution in [0.4, 0.5) is 4.39 Å². The Morgan fingerprint density at radius 2 is 2.00 bits per heavy atom. The van der Waals surface area contributed by atoms with Gasteiger partial charge in [-0.05, 0) is 50.4 Å². The second-order valence-electron chi connectivity index (χ2n) is 6.34. The molecule has 3 rings (SSSR count). The molecule has 0 amide bonds. The minimum absolute atomic E-state index is 0.263. The molecule has 1 aromatic heterocycles. The van der Waals surface area contributed by atoms with Gasteiger partial charge in [0.2, 0.25) is 0 Å². The second kappa shape index (κ2) is 6.81. The summed E-state index contributed by atoms with van der Waals surface area (Å²) in [4.78, 5) is 6.58. The molecule has 1 atom stereocenters. The lowest BCUT2D eigenvalue weighted by Gasteiger charge is -2.27. The van der Waals surface area contributed by atoms with E-state index < -0.39 is 5.60 Å².